The number of rotatable bonds is 7. The first-order chi connectivity index (χ1) is 13.4. The summed E-state index contributed by atoms with van der Waals surface area (Å²) in [4.78, 5) is 14.6. The lowest BCUT2D eigenvalue weighted by Crippen LogP contribution is -2.42. The molecule has 1 amide bonds. The average Bonchev–Trinajstić information content (AvgIpc) is 3.18. The van der Waals surface area contributed by atoms with E-state index in [1.807, 2.05) is 18.9 Å². The third-order valence-corrected chi connectivity index (χ3v) is 5.91. The van der Waals surface area contributed by atoms with Gasteiger partial charge in [0.15, 0.2) is 6.10 Å². The number of benzene rings is 1. The molecule has 0 unspecified atom stereocenters. The minimum atomic E-state index is -0.483. The Morgan fingerprint density at radius 2 is 1.89 bits per heavy atom. The number of halogens is 1. The highest BCUT2D eigenvalue weighted by molar-refractivity contribution is 8.00. The van der Waals surface area contributed by atoms with Gasteiger partial charge in [-0.25, -0.2) is 4.39 Å². The van der Waals surface area contributed by atoms with Crippen LogP contribution in [0.2, 0.25) is 0 Å². The van der Waals surface area contributed by atoms with Crippen molar-refractivity contribution in [3.63, 3.8) is 0 Å². The van der Waals surface area contributed by atoms with Crippen molar-refractivity contribution in [1.29, 1.82) is 0 Å². The van der Waals surface area contributed by atoms with Crippen molar-refractivity contribution in [2.75, 3.05) is 7.05 Å². The number of carbonyl (C=O) groups is 1. The van der Waals surface area contributed by atoms with Gasteiger partial charge < -0.3 is 14.1 Å². The Bertz CT molecular complexity index is 777. The van der Waals surface area contributed by atoms with Crippen LogP contribution in [-0.4, -0.2) is 39.3 Å². The zero-order valence-electron chi connectivity index (χ0n) is 16.4. The number of ether oxygens (including phenoxy) is 1. The van der Waals surface area contributed by atoms with Gasteiger partial charge in [-0.15, -0.1) is 10.2 Å². The Morgan fingerprint density at radius 1 is 1.21 bits per heavy atom. The van der Waals surface area contributed by atoms with Crippen LogP contribution in [0.25, 0.3) is 0 Å². The average molecular weight is 408 g/mol. The van der Waals surface area contributed by atoms with Crippen molar-refractivity contribution in [3.05, 3.63) is 36.0 Å². The molecule has 0 spiro atoms. The Labute approximate surface area is 168 Å². The van der Waals surface area contributed by atoms with Crippen molar-refractivity contribution in [1.82, 2.24) is 15.1 Å². The molecule has 0 N–H and O–H groups in total. The van der Waals surface area contributed by atoms with Crippen LogP contribution < -0.4 is 4.74 Å². The highest BCUT2D eigenvalue weighted by Gasteiger charge is 2.27. The van der Waals surface area contributed by atoms with Gasteiger partial charge in [0.05, 0.1) is 5.25 Å². The number of amides is 1. The molecule has 3 rings (SSSR count). The maximum absolute atomic E-state index is 13.0. The van der Waals surface area contributed by atoms with E-state index in [1.54, 1.807) is 19.1 Å². The molecule has 6 nitrogen and oxygen atoms in total. The molecule has 0 saturated heterocycles. The predicted octanol–water partition coefficient (Wildman–Crippen LogP) is 4.62. The Hall–Kier alpha value is -2.09. The van der Waals surface area contributed by atoms with Crippen LogP contribution in [0.15, 0.2) is 33.9 Å². The molecule has 1 aliphatic carbocycles. The van der Waals surface area contributed by atoms with Crippen LogP contribution in [0, 0.1) is 5.82 Å². The molecule has 1 aromatic carbocycles. The van der Waals surface area contributed by atoms with Gasteiger partial charge in [0.2, 0.25) is 5.91 Å². The van der Waals surface area contributed by atoms with Crippen LogP contribution in [0.4, 0.5) is 4.39 Å². The summed E-state index contributed by atoms with van der Waals surface area (Å²) in [5, 5.41) is 8.06. The van der Waals surface area contributed by atoms with Crippen LogP contribution in [-0.2, 0) is 4.79 Å². The summed E-state index contributed by atoms with van der Waals surface area (Å²) in [5.74, 6) is 0.576. The molecule has 152 valence electrons. The van der Waals surface area contributed by atoms with E-state index in [9.17, 15) is 9.18 Å². The smallest absolute Gasteiger partial charge is 0.277 e. The highest BCUT2D eigenvalue weighted by atomic mass is 32.2. The van der Waals surface area contributed by atoms with Gasteiger partial charge in [0, 0.05) is 13.1 Å². The van der Waals surface area contributed by atoms with E-state index >= 15 is 0 Å². The molecule has 1 fully saturated rings. The van der Waals surface area contributed by atoms with Crippen LogP contribution in [0.5, 0.6) is 5.75 Å². The van der Waals surface area contributed by atoms with Crippen LogP contribution in [0.3, 0.4) is 0 Å². The van der Waals surface area contributed by atoms with E-state index < -0.39 is 6.10 Å². The predicted molar refractivity (Wildman–Crippen MR) is 105 cm³/mol. The van der Waals surface area contributed by atoms with Crippen molar-refractivity contribution in [2.24, 2.45) is 0 Å². The van der Waals surface area contributed by atoms with Gasteiger partial charge in [-0.1, -0.05) is 31.0 Å². The van der Waals surface area contributed by atoms with E-state index in [1.165, 1.54) is 43.2 Å². The summed E-state index contributed by atoms with van der Waals surface area (Å²) < 4.78 is 24.3. The van der Waals surface area contributed by atoms with Gasteiger partial charge in [-0.2, -0.15) is 0 Å². The first-order valence-corrected chi connectivity index (χ1v) is 10.5. The number of hydrogen-bond donors (Lipinski definition) is 0. The standard InChI is InChI=1S/C20H26FN3O3S/c1-13(26-17-11-9-15(21)10-12-17)18-22-23-20(27-18)28-14(2)19(25)24(3)16-7-5-4-6-8-16/h9-14,16H,4-8H2,1-3H3/t13-,14+/m1/s1. The fourth-order valence-electron chi connectivity index (χ4n) is 3.34. The lowest BCUT2D eigenvalue weighted by Gasteiger charge is -2.32. The zero-order valence-corrected chi connectivity index (χ0v) is 17.2. The molecule has 1 saturated carbocycles. The number of nitrogens with zero attached hydrogens (tertiary/aromatic N) is 3. The molecular formula is C20H26FN3O3S. The van der Waals surface area contributed by atoms with Crippen LogP contribution >= 0.6 is 11.8 Å². The van der Waals surface area contributed by atoms with Crippen molar-refractivity contribution >= 4 is 17.7 Å². The normalized spacial score (nSPS) is 17.1. The fraction of sp³-hybridized carbons (Fsp3) is 0.550. The number of thioether (sulfide) groups is 1. The highest BCUT2D eigenvalue weighted by Crippen LogP contribution is 2.29. The molecule has 8 heteroatoms. The summed E-state index contributed by atoms with van der Waals surface area (Å²) in [6.07, 6.45) is 5.28. The molecule has 0 radical (unpaired) electrons. The van der Waals surface area contributed by atoms with Crippen molar-refractivity contribution in [2.45, 2.75) is 68.6 Å². The van der Waals surface area contributed by atoms with Crippen LogP contribution in [0.1, 0.15) is 57.9 Å². The monoisotopic (exact) mass is 407 g/mol. The molecule has 0 bridgehead atoms. The van der Waals surface area contributed by atoms with E-state index in [2.05, 4.69) is 10.2 Å². The number of aromatic nitrogens is 2. The minimum absolute atomic E-state index is 0.0762. The molecule has 1 aromatic heterocycles. The summed E-state index contributed by atoms with van der Waals surface area (Å²) >= 11 is 1.25. The lowest BCUT2D eigenvalue weighted by atomic mass is 9.94. The van der Waals surface area contributed by atoms with Gasteiger partial charge in [-0.3, -0.25) is 4.79 Å². The van der Waals surface area contributed by atoms with Gasteiger partial charge in [0.25, 0.3) is 11.1 Å². The molecular weight excluding hydrogens is 381 g/mol. The van der Waals surface area contributed by atoms with E-state index in [-0.39, 0.29) is 17.0 Å². The Balaban J connectivity index is 1.55. The van der Waals surface area contributed by atoms with Crippen molar-refractivity contribution in [3.8, 4) is 5.75 Å². The SMILES string of the molecule is C[C@H](Sc1nnc([C@@H](C)Oc2ccc(F)cc2)o1)C(=O)N(C)C1CCCCC1. The molecule has 2 aromatic rings. The van der Waals surface area contributed by atoms with Gasteiger partial charge >= 0.3 is 0 Å². The third-order valence-electron chi connectivity index (χ3n) is 4.99. The van der Waals surface area contributed by atoms with E-state index in [0.29, 0.717) is 22.9 Å². The number of carbonyl (C=O) groups excluding carboxylic acids is 1. The first-order valence-electron chi connectivity index (χ1n) is 9.63. The maximum Gasteiger partial charge on any atom is 0.277 e. The maximum atomic E-state index is 13.0. The molecule has 0 aliphatic heterocycles. The topological polar surface area (TPSA) is 68.5 Å². The second kappa shape index (κ2) is 9.41. The zero-order chi connectivity index (χ0) is 20.1. The fourth-order valence-corrected chi connectivity index (χ4v) is 4.13. The second-order valence-corrected chi connectivity index (χ2v) is 8.41. The summed E-state index contributed by atoms with van der Waals surface area (Å²) in [7, 11) is 1.88. The molecule has 1 heterocycles. The summed E-state index contributed by atoms with van der Waals surface area (Å²) in [6.45, 7) is 3.63. The second-order valence-electron chi connectivity index (χ2n) is 7.12. The molecule has 1 aliphatic rings. The summed E-state index contributed by atoms with van der Waals surface area (Å²) in [6, 6.07) is 6.06. The van der Waals surface area contributed by atoms with Gasteiger partial charge in [0.1, 0.15) is 11.6 Å². The van der Waals surface area contributed by atoms with Gasteiger partial charge in [-0.05, 0) is 51.0 Å². The largest absolute Gasteiger partial charge is 0.481 e. The van der Waals surface area contributed by atoms with E-state index in [4.69, 9.17) is 9.15 Å². The minimum Gasteiger partial charge on any atom is -0.481 e. The third kappa shape index (κ3) is 5.25. The Kier molecular flexibility index (Phi) is 6.93. The quantitative estimate of drug-likeness (QED) is 0.624. The van der Waals surface area contributed by atoms with Crippen molar-refractivity contribution < 1.29 is 18.3 Å². The molecule has 28 heavy (non-hydrogen) atoms. The first kappa shape index (κ1) is 20.6. The molecule has 2 atom stereocenters. The van der Waals surface area contributed by atoms with E-state index in [0.717, 1.165) is 12.8 Å². The summed E-state index contributed by atoms with van der Waals surface area (Å²) in [5.41, 5.74) is 0. The lowest BCUT2D eigenvalue weighted by molar-refractivity contribution is -0.131. The Morgan fingerprint density at radius 3 is 2.57 bits per heavy atom. The number of hydrogen-bond acceptors (Lipinski definition) is 6.